The number of aliphatic hydroxyl groups excluding tert-OH is 2. The fourth-order valence-electron chi connectivity index (χ4n) is 9.63. The molecule has 0 aliphatic heterocycles. The molecule has 3 N–H and O–H groups in total. The van der Waals surface area contributed by atoms with E-state index in [-0.39, 0.29) is 12.5 Å². The molecule has 0 saturated heterocycles. The van der Waals surface area contributed by atoms with E-state index in [1.165, 1.54) is 283 Å². The van der Waals surface area contributed by atoms with Crippen LogP contribution in [0, 0.1) is 0 Å². The molecule has 2 unspecified atom stereocenters. The average molecular weight is 915 g/mol. The van der Waals surface area contributed by atoms with Crippen LogP contribution >= 0.6 is 0 Å². The summed E-state index contributed by atoms with van der Waals surface area (Å²) in [4.78, 5) is 12.5. The van der Waals surface area contributed by atoms with Crippen molar-refractivity contribution in [3.63, 3.8) is 0 Å². The maximum absolute atomic E-state index is 12.5. The summed E-state index contributed by atoms with van der Waals surface area (Å²) in [6.45, 7) is 4.39. The Morgan fingerprint density at radius 3 is 0.923 bits per heavy atom. The van der Waals surface area contributed by atoms with Crippen molar-refractivity contribution in [2.45, 2.75) is 353 Å². The van der Waals surface area contributed by atoms with Crippen molar-refractivity contribution in [1.82, 2.24) is 5.32 Å². The molecule has 4 nitrogen and oxygen atoms in total. The molecular weight excluding hydrogens is 795 g/mol. The van der Waals surface area contributed by atoms with Gasteiger partial charge in [0.2, 0.25) is 5.91 Å². The van der Waals surface area contributed by atoms with Crippen LogP contribution in [-0.4, -0.2) is 34.9 Å². The molecule has 0 fully saturated rings. The van der Waals surface area contributed by atoms with Crippen LogP contribution in [-0.2, 0) is 4.79 Å². The minimum Gasteiger partial charge on any atom is -0.394 e. The Kier molecular flexibility index (Phi) is 56.2. The van der Waals surface area contributed by atoms with E-state index in [2.05, 4.69) is 43.5 Å². The Bertz CT molecular complexity index is 947. The van der Waals surface area contributed by atoms with Crippen LogP contribution in [0.25, 0.3) is 0 Å². The molecule has 0 aliphatic rings. The van der Waals surface area contributed by atoms with E-state index in [0.717, 1.165) is 32.1 Å². The Balaban J connectivity index is 3.39. The maximum Gasteiger partial charge on any atom is 0.220 e. The van der Waals surface area contributed by atoms with Gasteiger partial charge in [0.15, 0.2) is 0 Å². The molecule has 65 heavy (non-hydrogen) atoms. The molecule has 0 aliphatic carbocycles. The molecule has 2 atom stereocenters. The van der Waals surface area contributed by atoms with Gasteiger partial charge in [-0.2, -0.15) is 0 Å². The molecule has 0 spiro atoms. The van der Waals surface area contributed by atoms with Gasteiger partial charge in [-0.1, -0.05) is 314 Å². The number of hydrogen-bond donors (Lipinski definition) is 3. The Morgan fingerprint density at radius 1 is 0.369 bits per heavy atom. The van der Waals surface area contributed by atoms with Crippen molar-refractivity contribution < 1.29 is 15.0 Å². The van der Waals surface area contributed by atoms with Crippen molar-refractivity contribution in [1.29, 1.82) is 0 Å². The molecule has 0 aromatic carbocycles. The Morgan fingerprint density at radius 2 is 0.631 bits per heavy atom. The van der Waals surface area contributed by atoms with Gasteiger partial charge in [-0.3, -0.25) is 4.79 Å². The van der Waals surface area contributed by atoms with Crippen LogP contribution in [0.3, 0.4) is 0 Å². The van der Waals surface area contributed by atoms with E-state index >= 15 is 0 Å². The zero-order valence-corrected chi connectivity index (χ0v) is 44.5. The van der Waals surface area contributed by atoms with Crippen molar-refractivity contribution in [3.05, 3.63) is 24.3 Å². The quantitative estimate of drug-likeness (QED) is 0.0421. The van der Waals surface area contributed by atoms with Gasteiger partial charge in [0, 0.05) is 6.42 Å². The average Bonchev–Trinajstić information content (AvgIpc) is 3.31. The standard InChI is InChI=1S/C61H119NO3/c1-3-5-7-9-11-13-15-17-19-21-22-23-24-25-26-27-28-29-30-31-32-33-34-35-36-37-38-39-40-41-43-45-47-49-51-53-55-57-61(65)62-59(58-63)60(64)56-54-52-50-48-46-44-42-20-18-16-14-12-10-8-6-4-2/h26-27,29-30,59-60,63-64H,3-25,28,31-58H2,1-2H3,(H,62,65)/b27-26-,30-29-. The number of carbonyl (C=O) groups is 1. The van der Waals surface area contributed by atoms with E-state index in [4.69, 9.17) is 0 Å². The van der Waals surface area contributed by atoms with Crippen molar-refractivity contribution in [3.8, 4) is 0 Å². The number of carbonyl (C=O) groups excluding carboxylic acids is 1. The summed E-state index contributed by atoms with van der Waals surface area (Å²) in [5.41, 5.74) is 0. The lowest BCUT2D eigenvalue weighted by atomic mass is 10.0. The lowest BCUT2D eigenvalue weighted by Crippen LogP contribution is -2.45. The fourth-order valence-corrected chi connectivity index (χ4v) is 9.63. The molecule has 0 heterocycles. The molecule has 1 amide bonds. The number of unbranched alkanes of at least 4 members (excludes halogenated alkanes) is 45. The highest BCUT2D eigenvalue weighted by Gasteiger charge is 2.20. The summed E-state index contributed by atoms with van der Waals surface area (Å²) in [7, 11) is 0. The van der Waals surface area contributed by atoms with Crippen LogP contribution < -0.4 is 5.32 Å². The van der Waals surface area contributed by atoms with E-state index in [1.54, 1.807) is 0 Å². The lowest BCUT2D eigenvalue weighted by molar-refractivity contribution is -0.123. The summed E-state index contributed by atoms with van der Waals surface area (Å²) in [5.74, 6) is -0.0257. The summed E-state index contributed by atoms with van der Waals surface area (Å²) in [6.07, 6.45) is 76.2. The summed E-state index contributed by atoms with van der Waals surface area (Å²) in [5, 5.41) is 23.3. The van der Waals surface area contributed by atoms with Crippen LogP contribution in [0.2, 0.25) is 0 Å². The number of nitrogens with one attached hydrogen (secondary N) is 1. The van der Waals surface area contributed by atoms with Gasteiger partial charge in [0.05, 0.1) is 18.8 Å². The summed E-state index contributed by atoms with van der Waals surface area (Å²) < 4.78 is 0. The third kappa shape index (κ3) is 53.7. The van der Waals surface area contributed by atoms with Gasteiger partial charge < -0.3 is 15.5 Å². The van der Waals surface area contributed by atoms with Crippen molar-refractivity contribution in [2.75, 3.05) is 6.61 Å². The zero-order chi connectivity index (χ0) is 47.0. The molecule has 0 saturated carbocycles. The second-order valence-corrected chi connectivity index (χ2v) is 20.8. The maximum atomic E-state index is 12.5. The lowest BCUT2D eigenvalue weighted by Gasteiger charge is -2.22. The van der Waals surface area contributed by atoms with Crippen molar-refractivity contribution >= 4 is 5.91 Å². The topological polar surface area (TPSA) is 69.6 Å². The fraction of sp³-hybridized carbons (Fsp3) is 0.918. The molecule has 0 rings (SSSR count). The van der Waals surface area contributed by atoms with Gasteiger partial charge in [-0.05, 0) is 44.9 Å². The molecule has 0 aromatic heterocycles. The third-order valence-electron chi connectivity index (χ3n) is 14.2. The first-order valence-electron chi connectivity index (χ1n) is 30.0. The minimum absolute atomic E-state index is 0.0257. The second-order valence-electron chi connectivity index (χ2n) is 20.8. The van der Waals surface area contributed by atoms with Crippen LogP contribution in [0.15, 0.2) is 24.3 Å². The minimum atomic E-state index is -0.657. The molecule has 386 valence electrons. The van der Waals surface area contributed by atoms with Gasteiger partial charge in [-0.15, -0.1) is 0 Å². The first-order valence-corrected chi connectivity index (χ1v) is 30.0. The monoisotopic (exact) mass is 914 g/mol. The number of allylic oxidation sites excluding steroid dienone is 4. The summed E-state index contributed by atoms with van der Waals surface area (Å²) >= 11 is 0. The molecule has 0 bridgehead atoms. The van der Waals surface area contributed by atoms with Gasteiger partial charge in [0.25, 0.3) is 0 Å². The van der Waals surface area contributed by atoms with Crippen molar-refractivity contribution in [2.24, 2.45) is 0 Å². The Hall–Kier alpha value is -1.13. The number of rotatable bonds is 56. The predicted molar refractivity (Wildman–Crippen MR) is 290 cm³/mol. The van der Waals surface area contributed by atoms with E-state index in [9.17, 15) is 15.0 Å². The van der Waals surface area contributed by atoms with Gasteiger partial charge >= 0.3 is 0 Å². The third-order valence-corrected chi connectivity index (χ3v) is 14.2. The zero-order valence-electron chi connectivity index (χ0n) is 44.5. The first kappa shape index (κ1) is 63.9. The van der Waals surface area contributed by atoms with Crippen LogP contribution in [0.1, 0.15) is 341 Å². The molecule has 0 radical (unpaired) electrons. The van der Waals surface area contributed by atoms with Crippen LogP contribution in [0.4, 0.5) is 0 Å². The molecular formula is C61H119NO3. The largest absolute Gasteiger partial charge is 0.394 e. The normalized spacial score (nSPS) is 12.9. The Labute approximate surface area is 409 Å². The highest BCUT2D eigenvalue weighted by molar-refractivity contribution is 5.76. The highest BCUT2D eigenvalue weighted by Crippen LogP contribution is 2.18. The van der Waals surface area contributed by atoms with E-state index in [0.29, 0.717) is 12.8 Å². The summed E-state index contributed by atoms with van der Waals surface area (Å²) in [6, 6.07) is -0.534. The smallest absolute Gasteiger partial charge is 0.220 e. The predicted octanol–water partition coefficient (Wildman–Crippen LogP) is 19.9. The molecule has 0 aromatic rings. The number of amides is 1. The SMILES string of the molecule is CCCCCCCCCCCCCCC/C=C\C/C=C\CCCCCCCCCCCCCCCCCCCC(=O)NC(CO)C(O)CCCCCCCCCCCCCCCCCC. The second kappa shape index (κ2) is 57.2. The van der Waals surface area contributed by atoms with E-state index in [1.807, 2.05) is 0 Å². The number of aliphatic hydroxyl groups is 2. The molecule has 4 heteroatoms. The van der Waals surface area contributed by atoms with E-state index < -0.39 is 12.1 Å². The number of hydrogen-bond acceptors (Lipinski definition) is 3. The van der Waals surface area contributed by atoms with Gasteiger partial charge in [-0.25, -0.2) is 0 Å². The van der Waals surface area contributed by atoms with Gasteiger partial charge in [0.1, 0.15) is 0 Å². The van der Waals surface area contributed by atoms with Crippen LogP contribution in [0.5, 0.6) is 0 Å². The highest BCUT2D eigenvalue weighted by atomic mass is 16.3. The first-order chi connectivity index (χ1) is 32.2.